The van der Waals surface area contributed by atoms with Crippen molar-refractivity contribution in [3.63, 3.8) is 0 Å². The first-order chi connectivity index (χ1) is 7.83. The maximum atomic E-state index is 11.1. The molecule has 2 saturated carbocycles. The standard InChI is InChI=1S/C14H25NO2/c1-5-10(12(16)17)15-11-8-9-6-7-14(11,4)13(9,2)3/h9-11,15H,5-8H2,1-4H3,(H,16,17). The molecule has 0 saturated heterocycles. The summed E-state index contributed by atoms with van der Waals surface area (Å²) >= 11 is 0. The normalized spacial score (nSPS) is 40.5. The number of aliphatic carboxylic acids is 1. The summed E-state index contributed by atoms with van der Waals surface area (Å²) in [5.41, 5.74) is 0.613. The lowest BCUT2D eigenvalue weighted by Gasteiger charge is -2.40. The molecule has 0 heterocycles. The molecule has 0 aromatic heterocycles. The molecule has 4 unspecified atom stereocenters. The minimum atomic E-state index is -0.711. The molecule has 0 aromatic rings. The third-order valence-corrected chi connectivity index (χ3v) is 5.90. The van der Waals surface area contributed by atoms with Crippen LogP contribution in [0.3, 0.4) is 0 Å². The molecular weight excluding hydrogens is 214 g/mol. The minimum Gasteiger partial charge on any atom is -0.480 e. The van der Waals surface area contributed by atoms with Crippen molar-refractivity contribution in [2.45, 2.75) is 65.5 Å². The predicted octanol–water partition coefficient (Wildman–Crippen LogP) is 2.65. The fourth-order valence-electron chi connectivity index (χ4n) is 4.06. The predicted molar refractivity (Wildman–Crippen MR) is 67.9 cm³/mol. The van der Waals surface area contributed by atoms with Crippen LogP contribution in [0.15, 0.2) is 0 Å². The Morgan fingerprint density at radius 3 is 2.47 bits per heavy atom. The lowest BCUT2D eigenvalue weighted by atomic mass is 9.69. The number of carbonyl (C=O) groups is 1. The van der Waals surface area contributed by atoms with Crippen LogP contribution in [0.4, 0.5) is 0 Å². The second-order valence-electron chi connectivity index (χ2n) is 6.63. The van der Waals surface area contributed by atoms with Gasteiger partial charge in [0.25, 0.3) is 0 Å². The molecule has 2 bridgehead atoms. The van der Waals surface area contributed by atoms with E-state index in [0.29, 0.717) is 17.9 Å². The third kappa shape index (κ3) is 1.70. The van der Waals surface area contributed by atoms with Gasteiger partial charge in [-0.15, -0.1) is 0 Å². The van der Waals surface area contributed by atoms with Gasteiger partial charge in [-0.2, -0.15) is 0 Å². The maximum absolute atomic E-state index is 11.1. The topological polar surface area (TPSA) is 49.3 Å². The quantitative estimate of drug-likeness (QED) is 0.793. The number of carboxylic acids is 1. The zero-order valence-electron chi connectivity index (χ0n) is 11.4. The van der Waals surface area contributed by atoms with E-state index in [0.717, 1.165) is 12.3 Å². The summed E-state index contributed by atoms with van der Waals surface area (Å²) in [6, 6.07) is -0.00993. The zero-order chi connectivity index (χ0) is 12.8. The molecule has 0 amide bonds. The molecule has 2 rings (SSSR count). The Kier molecular flexibility index (Phi) is 3.01. The molecular formula is C14H25NO2. The van der Waals surface area contributed by atoms with Gasteiger partial charge in [-0.1, -0.05) is 27.7 Å². The summed E-state index contributed by atoms with van der Waals surface area (Å²) in [6.07, 6.45) is 4.35. The summed E-state index contributed by atoms with van der Waals surface area (Å²) in [5.74, 6) is 0.0491. The van der Waals surface area contributed by atoms with Crippen LogP contribution in [0.5, 0.6) is 0 Å². The van der Waals surface area contributed by atoms with Crippen molar-refractivity contribution in [1.82, 2.24) is 5.32 Å². The van der Waals surface area contributed by atoms with Crippen LogP contribution in [-0.2, 0) is 4.79 Å². The van der Waals surface area contributed by atoms with Crippen molar-refractivity contribution >= 4 is 5.97 Å². The highest BCUT2D eigenvalue weighted by atomic mass is 16.4. The van der Waals surface area contributed by atoms with E-state index >= 15 is 0 Å². The van der Waals surface area contributed by atoms with Gasteiger partial charge in [-0.3, -0.25) is 4.79 Å². The van der Waals surface area contributed by atoms with E-state index in [2.05, 4.69) is 26.1 Å². The van der Waals surface area contributed by atoms with Gasteiger partial charge < -0.3 is 10.4 Å². The molecule has 3 heteroatoms. The highest BCUT2D eigenvalue weighted by Gasteiger charge is 2.61. The van der Waals surface area contributed by atoms with Crippen molar-refractivity contribution in [1.29, 1.82) is 0 Å². The monoisotopic (exact) mass is 239 g/mol. The molecule has 0 radical (unpaired) electrons. The summed E-state index contributed by atoms with van der Waals surface area (Å²) in [5, 5.41) is 12.5. The van der Waals surface area contributed by atoms with Gasteiger partial charge in [0.1, 0.15) is 6.04 Å². The molecule has 0 spiro atoms. The number of fused-ring (bicyclic) bond motifs is 2. The Balaban J connectivity index is 2.13. The van der Waals surface area contributed by atoms with Crippen LogP contribution in [0.25, 0.3) is 0 Å². The van der Waals surface area contributed by atoms with Crippen molar-refractivity contribution in [2.24, 2.45) is 16.7 Å². The van der Waals surface area contributed by atoms with Crippen LogP contribution >= 0.6 is 0 Å². The van der Waals surface area contributed by atoms with Crippen molar-refractivity contribution in [3.8, 4) is 0 Å². The van der Waals surface area contributed by atoms with E-state index in [9.17, 15) is 4.79 Å². The van der Waals surface area contributed by atoms with E-state index in [4.69, 9.17) is 5.11 Å². The van der Waals surface area contributed by atoms with Gasteiger partial charge in [-0.25, -0.2) is 0 Å². The van der Waals surface area contributed by atoms with Gasteiger partial charge >= 0.3 is 5.97 Å². The SMILES string of the molecule is CCC(NC1CC2CCC1(C)C2(C)C)C(=O)O. The average molecular weight is 239 g/mol. The molecule has 0 aliphatic heterocycles. The number of carboxylic acid groups (broad SMARTS) is 1. The first-order valence-corrected chi connectivity index (χ1v) is 6.81. The molecule has 0 aromatic carbocycles. The Morgan fingerprint density at radius 1 is 1.47 bits per heavy atom. The largest absolute Gasteiger partial charge is 0.480 e. The smallest absolute Gasteiger partial charge is 0.320 e. The first-order valence-electron chi connectivity index (χ1n) is 6.81. The van der Waals surface area contributed by atoms with E-state index in [1.54, 1.807) is 0 Å². The highest BCUT2D eigenvalue weighted by Crippen LogP contribution is 2.65. The first kappa shape index (κ1) is 12.9. The Bertz CT molecular complexity index is 326. The molecule has 2 N–H and O–H groups in total. The summed E-state index contributed by atoms with van der Waals surface area (Å²) < 4.78 is 0. The minimum absolute atomic E-state index is 0.264. The van der Waals surface area contributed by atoms with Crippen LogP contribution in [0.1, 0.15) is 53.4 Å². The molecule has 98 valence electrons. The number of nitrogens with one attached hydrogen (secondary N) is 1. The van der Waals surface area contributed by atoms with E-state index in [1.807, 2.05) is 6.92 Å². The van der Waals surface area contributed by atoms with Gasteiger partial charge in [0.05, 0.1) is 0 Å². The molecule has 4 atom stereocenters. The molecule has 2 aliphatic rings. The lowest BCUT2D eigenvalue weighted by Crippen LogP contribution is -2.50. The fourth-order valence-corrected chi connectivity index (χ4v) is 4.06. The Hall–Kier alpha value is -0.570. The van der Waals surface area contributed by atoms with Crippen molar-refractivity contribution in [3.05, 3.63) is 0 Å². The van der Waals surface area contributed by atoms with Crippen LogP contribution in [0.2, 0.25) is 0 Å². The number of rotatable bonds is 4. The lowest BCUT2D eigenvalue weighted by molar-refractivity contribution is -0.140. The van der Waals surface area contributed by atoms with Gasteiger partial charge in [0.15, 0.2) is 0 Å². The van der Waals surface area contributed by atoms with Gasteiger partial charge in [-0.05, 0) is 42.4 Å². The molecule has 3 nitrogen and oxygen atoms in total. The summed E-state index contributed by atoms with van der Waals surface area (Å²) in [7, 11) is 0. The Labute approximate surface area is 104 Å². The summed E-state index contributed by atoms with van der Waals surface area (Å²) in [4.78, 5) is 11.1. The van der Waals surface area contributed by atoms with Gasteiger partial charge in [0, 0.05) is 6.04 Å². The van der Waals surface area contributed by atoms with Crippen LogP contribution in [-0.4, -0.2) is 23.2 Å². The van der Waals surface area contributed by atoms with Crippen LogP contribution in [0, 0.1) is 16.7 Å². The summed E-state index contributed by atoms with van der Waals surface area (Å²) in [6.45, 7) is 8.99. The van der Waals surface area contributed by atoms with Crippen molar-refractivity contribution < 1.29 is 9.90 Å². The third-order valence-electron chi connectivity index (χ3n) is 5.90. The molecule has 17 heavy (non-hydrogen) atoms. The zero-order valence-corrected chi connectivity index (χ0v) is 11.4. The molecule has 2 aliphatic carbocycles. The second-order valence-corrected chi connectivity index (χ2v) is 6.63. The Morgan fingerprint density at radius 2 is 2.12 bits per heavy atom. The van der Waals surface area contributed by atoms with Crippen molar-refractivity contribution in [2.75, 3.05) is 0 Å². The van der Waals surface area contributed by atoms with Crippen LogP contribution < -0.4 is 5.32 Å². The van der Waals surface area contributed by atoms with Gasteiger partial charge in [0.2, 0.25) is 0 Å². The van der Waals surface area contributed by atoms with E-state index in [-0.39, 0.29) is 11.5 Å². The maximum Gasteiger partial charge on any atom is 0.320 e. The van der Waals surface area contributed by atoms with E-state index in [1.165, 1.54) is 12.8 Å². The highest BCUT2D eigenvalue weighted by molar-refractivity contribution is 5.73. The second kappa shape index (κ2) is 3.98. The average Bonchev–Trinajstić information content (AvgIpc) is 2.57. The fraction of sp³-hybridized carbons (Fsp3) is 0.929. The number of hydrogen-bond donors (Lipinski definition) is 2. The number of hydrogen-bond acceptors (Lipinski definition) is 2. The van der Waals surface area contributed by atoms with E-state index < -0.39 is 5.97 Å². The molecule has 2 fully saturated rings.